The van der Waals surface area contributed by atoms with Crippen molar-refractivity contribution in [3.8, 4) is 5.75 Å². The zero-order chi connectivity index (χ0) is 14.9. The van der Waals surface area contributed by atoms with Crippen LogP contribution in [0.5, 0.6) is 5.75 Å². The molecule has 1 atom stereocenters. The molecule has 1 N–H and O–H groups in total. The normalized spacial score (nSPS) is 17.6. The molecule has 0 aliphatic heterocycles. The highest BCUT2D eigenvalue weighted by atomic mass is 16.5. The van der Waals surface area contributed by atoms with Gasteiger partial charge in [0, 0.05) is 12.1 Å². The largest absolute Gasteiger partial charge is 0.496 e. The summed E-state index contributed by atoms with van der Waals surface area (Å²) in [6, 6.07) is 8.22. The Bertz CT molecular complexity index is 402. The molecule has 0 amide bonds. The summed E-state index contributed by atoms with van der Waals surface area (Å²) in [7, 11) is 1.73. The SMILES string of the molecule is CCCNCC(OC1CCCCC1)c1ccccc1OC. The van der Waals surface area contributed by atoms with Gasteiger partial charge in [-0.25, -0.2) is 0 Å². The second-order valence-electron chi connectivity index (χ2n) is 5.83. The summed E-state index contributed by atoms with van der Waals surface area (Å²) in [6.07, 6.45) is 7.96. The molecular weight excluding hydrogens is 262 g/mol. The standard InChI is InChI=1S/C18H29NO2/c1-3-13-19-14-18(21-15-9-5-4-6-10-15)16-11-7-8-12-17(16)20-2/h7-8,11-12,15,18-19H,3-6,9-10,13-14H2,1-2H3. The lowest BCUT2D eigenvalue weighted by molar-refractivity contribution is -0.0313. The number of hydrogen-bond acceptors (Lipinski definition) is 3. The number of methoxy groups -OCH3 is 1. The molecule has 0 saturated heterocycles. The molecule has 1 aliphatic rings. The van der Waals surface area contributed by atoms with Gasteiger partial charge in [0.25, 0.3) is 0 Å². The van der Waals surface area contributed by atoms with Gasteiger partial charge in [-0.1, -0.05) is 44.4 Å². The number of ether oxygens (including phenoxy) is 2. The van der Waals surface area contributed by atoms with E-state index in [2.05, 4.69) is 24.4 Å². The zero-order valence-electron chi connectivity index (χ0n) is 13.4. The maximum absolute atomic E-state index is 6.42. The summed E-state index contributed by atoms with van der Waals surface area (Å²) < 4.78 is 11.9. The number of hydrogen-bond donors (Lipinski definition) is 1. The minimum absolute atomic E-state index is 0.0794. The second-order valence-corrected chi connectivity index (χ2v) is 5.83. The van der Waals surface area contributed by atoms with Gasteiger partial charge in [-0.3, -0.25) is 0 Å². The van der Waals surface area contributed by atoms with E-state index in [9.17, 15) is 0 Å². The Kier molecular flexibility index (Phi) is 7.04. The fourth-order valence-electron chi connectivity index (χ4n) is 3.01. The van der Waals surface area contributed by atoms with Crippen LogP contribution in [0.25, 0.3) is 0 Å². The van der Waals surface area contributed by atoms with Crippen LogP contribution in [-0.4, -0.2) is 26.3 Å². The molecule has 0 spiro atoms. The second kappa shape index (κ2) is 9.06. The van der Waals surface area contributed by atoms with E-state index >= 15 is 0 Å². The van der Waals surface area contributed by atoms with E-state index in [1.807, 2.05) is 12.1 Å². The third-order valence-electron chi connectivity index (χ3n) is 4.15. The summed E-state index contributed by atoms with van der Waals surface area (Å²) in [5.41, 5.74) is 1.16. The average molecular weight is 291 g/mol. The maximum atomic E-state index is 6.42. The topological polar surface area (TPSA) is 30.5 Å². The van der Waals surface area contributed by atoms with E-state index in [4.69, 9.17) is 9.47 Å². The van der Waals surface area contributed by atoms with E-state index in [0.29, 0.717) is 6.10 Å². The minimum Gasteiger partial charge on any atom is -0.496 e. The van der Waals surface area contributed by atoms with Gasteiger partial charge >= 0.3 is 0 Å². The van der Waals surface area contributed by atoms with Crippen LogP contribution in [-0.2, 0) is 4.74 Å². The lowest BCUT2D eigenvalue weighted by Crippen LogP contribution is -2.28. The highest BCUT2D eigenvalue weighted by Gasteiger charge is 2.22. The highest BCUT2D eigenvalue weighted by molar-refractivity contribution is 5.35. The lowest BCUT2D eigenvalue weighted by Gasteiger charge is -2.29. The first-order valence-corrected chi connectivity index (χ1v) is 8.34. The molecule has 1 saturated carbocycles. The molecule has 1 fully saturated rings. The Morgan fingerprint density at radius 2 is 1.95 bits per heavy atom. The van der Waals surface area contributed by atoms with Crippen molar-refractivity contribution in [2.45, 2.75) is 57.7 Å². The van der Waals surface area contributed by atoms with Crippen molar-refractivity contribution >= 4 is 0 Å². The predicted octanol–water partition coefficient (Wildman–Crippen LogP) is 4.09. The molecule has 1 aliphatic carbocycles. The molecule has 0 bridgehead atoms. The number of rotatable bonds is 8. The smallest absolute Gasteiger partial charge is 0.124 e. The van der Waals surface area contributed by atoms with Crippen molar-refractivity contribution < 1.29 is 9.47 Å². The van der Waals surface area contributed by atoms with E-state index < -0.39 is 0 Å². The van der Waals surface area contributed by atoms with Gasteiger partial charge in [-0.05, 0) is 31.9 Å². The van der Waals surface area contributed by atoms with Gasteiger partial charge in [-0.2, -0.15) is 0 Å². The van der Waals surface area contributed by atoms with Crippen LogP contribution in [0.3, 0.4) is 0 Å². The Balaban J connectivity index is 2.06. The first-order chi connectivity index (χ1) is 10.3. The lowest BCUT2D eigenvalue weighted by atomic mass is 9.97. The molecule has 3 nitrogen and oxygen atoms in total. The number of nitrogens with one attached hydrogen (secondary N) is 1. The molecule has 1 unspecified atom stereocenters. The first-order valence-electron chi connectivity index (χ1n) is 8.34. The molecular formula is C18H29NO2. The molecule has 21 heavy (non-hydrogen) atoms. The van der Waals surface area contributed by atoms with Gasteiger partial charge < -0.3 is 14.8 Å². The van der Waals surface area contributed by atoms with Crippen LogP contribution in [0.15, 0.2) is 24.3 Å². The minimum atomic E-state index is 0.0794. The van der Waals surface area contributed by atoms with Crippen LogP contribution in [0.1, 0.15) is 57.1 Å². The van der Waals surface area contributed by atoms with Gasteiger partial charge in [0.2, 0.25) is 0 Å². The van der Waals surface area contributed by atoms with Gasteiger partial charge in [0.05, 0.1) is 19.3 Å². The van der Waals surface area contributed by atoms with Crippen molar-refractivity contribution in [3.63, 3.8) is 0 Å². The van der Waals surface area contributed by atoms with Crippen LogP contribution in [0.4, 0.5) is 0 Å². The molecule has 1 aromatic carbocycles. The van der Waals surface area contributed by atoms with E-state index in [0.717, 1.165) is 30.8 Å². The van der Waals surface area contributed by atoms with Crippen molar-refractivity contribution in [1.29, 1.82) is 0 Å². The van der Waals surface area contributed by atoms with Gasteiger partial charge in [-0.15, -0.1) is 0 Å². The summed E-state index contributed by atoms with van der Waals surface area (Å²) in [5.74, 6) is 0.927. The van der Waals surface area contributed by atoms with E-state index in [-0.39, 0.29) is 6.10 Å². The Morgan fingerprint density at radius 1 is 1.19 bits per heavy atom. The van der Waals surface area contributed by atoms with Crippen molar-refractivity contribution in [3.05, 3.63) is 29.8 Å². The van der Waals surface area contributed by atoms with Gasteiger partial charge in [0.15, 0.2) is 0 Å². The van der Waals surface area contributed by atoms with E-state index in [1.54, 1.807) is 7.11 Å². The summed E-state index contributed by atoms with van der Waals surface area (Å²) in [4.78, 5) is 0. The fourth-order valence-corrected chi connectivity index (χ4v) is 3.01. The van der Waals surface area contributed by atoms with Crippen LogP contribution < -0.4 is 10.1 Å². The Hall–Kier alpha value is -1.06. The highest BCUT2D eigenvalue weighted by Crippen LogP contribution is 2.31. The molecule has 3 heteroatoms. The first kappa shape index (κ1) is 16.3. The van der Waals surface area contributed by atoms with Crippen molar-refractivity contribution in [2.75, 3.05) is 20.2 Å². The maximum Gasteiger partial charge on any atom is 0.124 e. The van der Waals surface area contributed by atoms with Crippen LogP contribution in [0, 0.1) is 0 Å². The monoisotopic (exact) mass is 291 g/mol. The number of benzene rings is 1. The number of para-hydroxylation sites is 1. The summed E-state index contributed by atoms with van der Waals surface area (Å²) in [6.45, 7) is 4.07. The van der Waals surface area contributed by atoms with E-state index in [1.165, 1.54) is 32.1 Å². The molecule has 1 aromatic rings. The third-order valence-corrected chi connectivity index (χ3v) is 4.15. The third kappa shape index (κ3) is 5.01. The molecule has 0 heterocycles. The predicted molar refractivity (Wildman–Crippen MR) is 86.9 cm³/mol. The van der Waals surface area contributed by atoms with Gasteiger partial charge in [0.1, 0.15) is 5.75 Å². The molecule has 118 valence electrons. The quantitative estimate of drug-likeness (QED) is 0.732. The Morgan fingerprint density at radius 3 is 2.67 bits per heavy atom. The summed E-state index contributed by atoms with van der Waals surface area (Å²) in [5, 5.41) is 3.49. The molecule has 2 rings (SSSR count). The van der Waals surface area contributed by atoms with Crippen molar-refractivity contribution in [2.24, 2.45) is 0 Å². The zero-order valence-corrected chi connectivity index (χ0v) is 13.4. The van der Waals surface area contributed by atoms with Crippen LogP contribution in [0.2, 0.25) is 0 Å². The summed E-state index contributed by atoms with van der Waals surface area (Å²) >= 11 is 0. The van der Waals surface area contributed by atoms with Crippen molar-refractivity contribution in [1.82, 2.24) is 5.32 Å². The molecule has 0 aromatic heterocycles. The average Bonchev–Trinajstić information content (AvgIpc) is 2.55. The Labute approximate surface area is 129 Å². The fraction of sp³-hybridized carbons (Fsp3) is 0.667. The molecule has 0 radical (unpaired) electrons. The van der Waals surface area contributed by atoms with Crippen LogP contribution >= 0.6 is 0 Å².